The Kier molecular flexibility index (Phi) is 9.35. The molecule has 0 aromatic heterocycles. The van der Waals surface area contributed by atoms with Gasteiger partial charge in [-0.15, -0.1) is 0 Å². The Bertz CT molecular complexity index is 983. The van der Waals surface area contributed by atoms with Gasteiger partial charge < -0.3 is 0 Å². The number of halogens is 1. The quantitative estimate of drug-likeness (QED) is 0.162. The van der Waals surface area contributed by atoms with E-state index in [1.54, 1.807) is 23.5 Å². The van der Waals surface area contributed by atoms with Gasteiger partial charge in [0.2, 0.25) is 0 Å². The number of ketones is 1. The number of hydrogen-bond acceptors (Lipinski definition) is 3. The summed E-state index contributed by atoms with van der Waals surface area (Å²) in [6.07, 6.45) is 4.12. The van der Waals surface area contributed by atoms with Crippen molar-refractivity contribution in [3.63, 3.8) is 0 Å². The number of rotatable bonds is 9. The summed E-state index contributed by atoms with van der Waals surface area (Å²) in [7, 11) is 0. The van der Waals surface area contributed by atoms with E-state index in [1.807, 2.05) is 30.3 Å². The first kappa shape index (κ1) is 23.4. The fraction of sp³-hybridized carbons (Fsp3) is 0.160. The first-order chi connectivity index (χ1) is 14.6. The number of hydrogen-bond donors (Lipinski definition) is 0. The number of carbonyl (C=O) groups is 1. The molecule has 0 saturated carbocycles. The average Bonchev–Trinajstić information content (AvgIpc) is 2.80. The number of Topliss-reactive ketones (excluding diaryl/α,β-unsaturated/α-hetero) is 1. The van der Waals surface area contributed by atoms with Gasteiger partial charge in [0.05, 0.1) is 0 Å². The van der Waals surface area contributed by atoms with Gasteiger partial charge in [-0.25, -0.2) is 0 Å². The molecule has 0 unspecified atom stereocenters. The first-order valence-electron chi connectivity index (χ1n) is 9.49. The predicted molar refractivity (Wildman–Crippen MR) is 138 cm³/mol. The third kappa shape index (κ3) is 6.15. The molecule has 0 fully saturated rings. The standard InChI is InChI=1S/C25H23BrOS2Se/c1-28-25(29-2)23(24(27)19-13-15-20(26)16-14-19)22(18-9-5-3-6-10-18)17-30-21-11-7-4-8-12-21/h3-16,22H,17H2,1-2H3/t22-/m1/s1. The summed E-state index contributed by atoms with van der Waals surface area (Å²) in [5.74, 6) is 0.191. The van der Waals surface area contributed by atoms with Crippen LogP contribution >= 0.6 is 39.5 Å². The van der Waals surface area contributed by atoms with Crippen LogP contribution in [0.1, 0.15) is 21.8 Å². The third-order valence-electron chi connectivity index (χ3n) is 4.65. The van der Waals surface area contributed by atoms with Crippen molar-refractivity contribution in [2.45, 2.75) is 11.2 Å². The van der Waals surface area contributed by atoms with E-state index in [1.165, 1.54) is 10.0 Å². The summed E-state index contributed by atoms with van der Waals surface area (Å²) < 4.78 is 3.43. The molecule has 0 saturated heterocycles. The maximum absolute atomic E-state index is 13.7. The summed E-state index contributed by atoms with van der Waals surface area (Å²) in [6.45, 7) is 0. The van der Waals surface area contributed by atoms with Crippen molar-refractivity contribution in [2.75, 3.05) is 12.5 Å². The Hall–Kier alpha value is -1.23. The second-order valence-corrected chi connectivity index (χ2v) is 11.6. The van der Waals surface area contributed by atoms with Gasteiger partial charge in [-0.2, -0.15) is 0 Å². The monoisotopic (exact) mass is 562 g/mol. The number of benzene rings is 3. The molecule has 3 rings (SSSR count). The van der Waals surface area contributed by atoms with Crippen molar-refractivity contribution in [1.82, 2.24) is 0 Å². The maximum atomic E-state index is 13.7. The summed E-state index contributed by atoms with van der Waals surface area (Å²) in [5, 5.41) is 0.948. The summed E-state index contributed by atoms with van der Waals surface area (Å²) in [4.78, 5) is 13.7. The fourth-order valence-corrected chi connectivity index (χ4v) is 7.26. The van der Waals surface area contributed by atoms with Crippen LogP contribution in [0.5, 0.6) is 0 Å². The molecule has 0 spiro atoms. The topological polar surface area (TPSA) is 17.1 Å². The zero-order valence-electron chi connectivity index (χ0n) is 16.9. The van der Waals surface area contributed by atoms with Gasteiger partial charge in [0.1, 0.15) is 0 Å². The van der Waals surface area contributed by atoms with E-state index >= 15 is 0 Å². The van der Waals surface area contributed by atoms with E-state index in [9.17, 15) is 4.79 Å². The molecular weight excluding hydrogens is 539 g/mol. The Balaban J connectivity index is 2.05. The van der Waals surface area contributed by atoms with Crippen LogP contribution in [0, 0.1) is 0 Å². The minimum atomic E-state index is 0.0671. The molecule has 0 aliphatic rings. The fourth-order valence-electron chi connectivity index (χ4n) is 3.18. The summed E-state index contributed by atoms with van der Waals surface area (Å²) in [6, 6.07) is 28.8. The molecule has 5 heteroatoms. The summed E-state index contributed by atoms with van der Waals surface area (Å²) in [5.41, 5.74) is 2.86. The van der Waals surface area contributed by atoms with Gasteiger partial charge in [0.25, 0.3) is 0 Å². The number of thioether (sulfide) groups is 2. The van der Waals surface area contributed by atoms with E-state index in [4.69, 9.17) is 0 Å². The second kappa shape index (κ2) is 12.0. The van der Waals surface area contributed by atoms with E-state index < -0.39 is 0 Å². The molecule has 1 atom stereocenters. The third-order valence-corrected chi connectivity index (χ3v) is 9.68. The van der Waals surface area contributed by atoms with Gasteiger partial charge in [-0.05, 0) is 0 Å². The molecule has 0 N–H and O–H groups in total. The molecule has 154 valence electrons. The molecular formula is C25H23BrOS2Se. The molecule has 0 aliphatic carbocycles. The predicted octanol–water partition coefficient (Wildman–Crippen LogP) is 6.80. The molecule has 3 aromatic rings. The van der Waals surface area contributed by atoms with Crippen molar-refractivity contribution in [3.05, 3.63) is 110 Å². The Morgan fingerprint density at radius 1 is 0.867 bits per heavy atom. The Labute approximate surface area is 202 Å². The van der Waals surface area contributed by atoms with Gasteiger partial charge >= 0.3 is 204 Å². The van der Waals surface area contributed by atoms with Crippen molar-refractivity contribution in [2.24, 2.45) is 0 Å². The summed E-state index contributed by atoms with van der Waals surface area (Å²) >= 11 is 7.08. The van der Waals surface area contributed by atoms with Crippen molar-refractivity contribution >= 4 is 64.7 Å². The molecule has 0 bridgehead atoms. The molecule has 30 heavy (non-hydrogen) atoms. The van der Waals surface area contributed by atoms with Crippen LogP contribution in [0.3, 0.4) is 0 Å². The Morgan fingerprint density at radius 3 is 2.00 bits per heavy atom. The minimum absolute atomic E-state index is 0.0671. The molecule has 0 heterocycles. The SMILES string of the molecule is CSC(SC)=C(C(=O)c1ccc(Br)cc1)[C@H](C[Se]c1ccccc1)c1ccccc1. The van der Waals surface area contributed by atoms with Crippen molar-refractivity contribution < 1.29 is 4.79 Å². The van der Waals surface area contributed by atoms with Gasteiger partial charge in [0, 0.05) is 0 Å². The van der Waals surface area contributed by atoms with Crippen LogP contribution < -0.4 is 4.46 Å². The van der Waals surface area contributed by atoms with Gasteiger partial charge in [0.15, 0.2) is 0 Å². The van der Waals surface area contributed by atoms with Crippen LogP contribution in [0.4, 0.5) is 0 Å². The zero-order chi connectivity index (χ0) is 21.3. The van der Waals surface area contributed by atoms with E-state index in [0.717, 1.165) is 25.2 Å². The van der Waals surface area contributed by atoms with E-state index in [2.05, 4.69) is 83.0 Å². The van der Waals surface area contributed by atoms with Crippen LogP contribution in [0.2, 0.25) is 5.32 Å². The average molecular weight is 562 g/mol. The molecule has 1 nitrogen and oxygen atoms in total. The zero-order valence-corrected chi connectivity index (χ0v) is 21.8. The van der Waals surface area contributed by atoms with Crippen molar-refractivity contribution in [1.29, 1.82) is 0 Å². The van der Waals surface area contributed by atoms with Gasteiger partial charge in [-0.1, -0.05) is 0 Å². The van der Waals surface area contributed by atoms with Gasteiger partial charge in [-0.3, -0.25) is 0 Å². The van der Waals surface area contributed by atoms with Crippen LogP contribution in [-0.4, -0.2) is 33.3 Å². The second-order valence-electron chi connectivity index (χ2n) is 6.53. The van der Waals surface area contributed by atoms with Crippen LogP contribution in [0.15, 0.2) is 99.2 Å². The molecule has 3 aromatic carbocycles. The molecule has 0 aliphatic heterocycles. The first-order valence-corrected chi connectivity index (χ1v) is 14.8. The number of carbonyl (C=O) groups excluding carboxylic acids is 1. The Morgan fingerprint density at radius 2 is 1.43 bits per heavy atom. The van der Waals surface area contributed by atoms with Crippen LogP contribution in [0.25, 0.3) is 0 Å². The van der Waals surface area contributed by atoms with E-state index in [-0.39, 0.29) is 26.7 Å². The molecule has 0 radical (unpaired) electrons. The normalized spacial score (nSPS) is 11.7. The molecule has 0 amide bonds. The number of allylic oxidation sites excluding steroid dienone is 1. The van der Waals surface area contributed by atoms with E-state index in [0.29, 0.717) is 0 Å². The van der Waals surface area contributed by atoms with Crippen LogP contribution in [-0.2, 0) is 0 Å². The van der Waals surface area contributed by atoms with Crippen molar-refractivity contribution in [3.8, 4) is 0 Å².